The number of hydrogen-bond donors (Lipinski definition) is 2. The fourth-order valence-electron chi connectivity index (χ4n) is 1.91. The fourth-order valence-corrected chi connectivity index (χ4v) is 2.35. The summed E-state index contributed by atoms with van der Waals surface area (Å²) < 4.78 is 0. The predicted molar refractivity (Wildman–Crippen MR) is 78.0 cm³/mol. The second kappa shape index (κ2) is 6.11. The van der Waals surface area contributed by atoms with E-state index >= 15 is 0 Å². The summed E-state index contributed by atoms with van der Waals surface area (Å²) in [6, 6.07) is 5.82. The lowest BCUT2D eigenvalue weighted by Gasteiger charge is -2.21. The molecular formula is C14H12Cl2N2O2. The SMILES string of the molecule is CC(=O)N[C@H](c1ccncc1)c1c(O)ccc(Cl)c1Cl. The van der Waals surface area contributed by atoms with Gasteiger partial charge < -0.3 is 10.4 Å². The molecule has 0 unspecified atom stereocenters. The number of nitrogens with one attached hydrogen (secondary N) is 1. The molecule has 1 heterocycles. The third kappa shape index (κ3) is 3.03. The minimum atomic E-state index is -0.596. The van der Waals surface area contributed by atoms with Crippen LogP contribution in [0.1, 0.15) is 24.1 Å². The van der Waals surface area contributed by atoms with E-state index in [0.717, 1.165) is 5.56 Å². The lowest BCUT2D eigenvalue weighted by molar-refractivity contribution is -0.119. The fraction of sp³-hybridized carbons (Fsp3) is 0.143. The van der Waals surface area contributed by atoms with Crippen molar-refractivity contribution in [2.24, 2.45) is 0 Å². The number of phenolic OH excluding ortho intramolecular Hbond substituents is 1. The number of carbonyl (C=O) groups excluding carboxylic acids is 1. The van der Waals surface area contributed by atoms with Crippen LogP contribution in [-0.4, -0.2) is 16.0 Å². The summed E-state index contributed by atoms with van der Waals surface area (Å²) in [5.74, 6) is -0.280. The second-order valence-electron chi connectivity index (χ2n) is 4.21. The van der Waals surface area contributed by atoms with Crippen LogP contribution in [0.4, 0.5) is 0 Å². The van der Waals surface area contributed by atoms with Crippen LogP contribution in [0.15, 0.2) is 36.7 Å². The Balaban J connectivity index is 2.58. The largest absolute Gasteiger partial charge is 0.508 e. The van der Waals surface area contributed by atoms with Gasteiger partial charge >= 0.3 is 0 Å². The molecule has 1 amide bonds. The summed E-state index contributed by atoms with van der Waals surface area (Å²) in [5.41, 5.74) is 1.11. The number of aromatic nitrogens is 1. The van der Waals surface area contributed by atoms with E-state index in [-0.39, 0.29) is 16.7 Å². The highest BCUT2D eigenvalue weighted by Crippen LogP contribution is 2.39. The van der Waals surface area contributed by atoms with Gasteiger partial charge in [0.15, 0.2) is 0 Å². The van der Waals surface area contributed by atoms with Crippen molar-refractivity contribution in [1.82, 2.24) is 10.3 Å². The quantitative estimate of drug-likeness (QED) is 0.914. The number of phenols is 1. The standard InChI is InChI=1S/C14H12Cl2N2O2/c1-8(19)18-14(9-4-6-17-7-5-9)12-11(20)3-2-10(15)13(12)16/h2-7,14,20H,1H3,(H,18,19)/t14-/m1/s1. The van der Waals surface area contributed by atoms with Crippen LogP contribution in [-0.2, 0) is 4.79 Å². The van der Waals surface area contributed by atoms with Gasteiger partial charge in [-0.3, -0.25) is 9.78 Å². The lowest BCUT2D eigenvalue weighted by Crippen LogP contribution is -2.27. The van der Waals surface area contributed by atoms with Crippen molar-refractivity contribution in [3.8, 4) is 5.75 Å². The Morgan fingerprint density at radius 2 is 1.90 bits per heavy atom. The number of halogens is 2. The normalized spacial score (nSPS) is 11.9. The van der Waals surface area contributed by atoms with Crippen molar-refractivity contribution in [2.45, 2.75) is 13.0 Å². The molecule has 0 fully saturated rings. The van der Waals surface area contributed by atoms with Gasteiger partial charge in [-0.05, 0) is 29.8 Å². The van der Waals surface area contributed by atoms with Crippen LogP contribution >= 0.6 is 23.2 Å². The second-order valence-corrected chi connectivity index (χ2v) is 4.99. The Bertz CT molecular complexity index is 633. The summed E-state index contributed by atoms with van der Waals surface area (Å²) in [6.07, 6.45) is 3.19. The molecule has 0 radical (unpaired) electrons. The first-order valence-corrected chi connectivity index (χ1v) is 6.60. The molecule has 2 rings (SSSR count). The number of aromatic hydroxyl groups is 1. The Morgan fingerprint density at radius 1 is 1.25 bits per heavy atom. The maximum absolute atomic E-state index is 11.4. The summed E-state index contributed by atoms with van der Waals surface area (Å²) in [6.45, 7) is 1.39. The number of benzene rings is 1. The van der Waals surface area contributed by atoms with Gasteiger partial charge in [0, 0.05) is 24.9 Å². The van der Waals surface area contributed by atoms with Crippen molar-refractivity contribution >= 4 is 29.1 Å². The number of carbonyl (C=O) groups is 1. The van der Waals surface area contributed by atoms with Gasteiger partial charge in [-0.15, -0.1) is 0 Å². The average Bonchev–Trinajstić information content (AvgIpc) is 2.43. The van der Waals surface area contributed by atoms with E-state index < -0.39 is 6.04 Å². The monoisotopic (exact) mass is 310 g/mol. The Kier molecular flexibility index (Phi) is 4.47. The molecule has 0 aliphatic carbocycles. The van der Waals surface area contributed by atoms with Crippen molar-refractivity contribution in [2.75, 3.05) is 0 Å². The Morgan fingerprint density at radius 3 is 2.50 bits per heavy atom. The molecule has 0 bridgehead atoms. The van der Waals surface area contributed by atoms with E-state index in [1.54, 1.807) is 24.5 Å². The number of pyridine rings is 1. The molecule has 2 N–H and O–H groups in total. The zero-order valence-corrected chi connectivity index (χ0v) is 12.1. The number of hydrogen-bond acceptors (Lipinski definition) is 3. The smallest absolute Gasteiger partial charge is 0.217 e. The first-order valence-electron chi connectivity index (χ1n) is 5.84. The molecule has 6 heteroatoms. The van der Waals surface area contributed by atoms with E-state index in [1.165, 1.54) is 19.1 Å². The third-order valence-electron chi connectivity index (χ3n) is 2.79. The van der Waals surface area contributed by atoms with Gasteiger partial charge in [0.1, 0.15) is 5.75 Å². The molecule has 0 spiro atoms. The summed E-state index contributed by atoms with van der Waals surface area (Å²) in [4.78, 5) is 15.4. The predicted octanol–water partition coefficient (Wildman–Crippen LogP) is 3.32. The zero-order valence-electron chi connectivity index (χ0n) is 10.6. The van der Waals surface area contributed by atoms with Crippen LogP contribution in [0.3, 0.4) is 0 Å². The molecule has 1 atom stereocenters. The van der Waals surface area contributed by atoms with E-state index in [2.05, 4.69) is 10.3 Å². The molecule has 0 aliphatic heterocycles. The number of rotatable bonds is 3. The molecular weight excluding hydrogens is 299 g/mol. The number of nitrogens with zero attached hydrogens (tertiary/aromatic N) is 1. The summed E-state index contributed by atoms with van der Waals surface area (Å²) in [5, 5.41) is 13.3. The van der Waals surface area contributed by atoms with Crippen molar-refractivity contribution in [3.63, 3.8) is 0 Å². The van der Waals surface area contributed by atoms with E-state index in [9.17, 15) is 9.90 Å². The van der Waals surface area contributed by atoms with Crippen LogP contribution in [0.5, 0.6) is 5.75 Å². The van der Waals surface area contributed by atoms with Gasteiger partial charge in [-0.1, -0.05) is 23.2 Å². The van der Waals surface area contributed by atoms with Gasteiger partial charge in [0.05, 0.1) is 16.1 Å². The van der Waals surface area contributed by atoms with E-state index in [1.807, 2.05) is 0 Å². The highest BCUT2D eigenvalue weighted by molar-refractivity contribution is 6.42. The van der Waals surface area contributed by atoms with Gasteiger partial charge in [0.25, 0.3) is 0 Å². The van der Waals surface area contributed by atoms with Crippen LogP contribution in [0.25, 0.3) is 0 Å². The van der Waals surface area contributed by atoms with Crippen LogP contribution in [0.2, 0.25) is 10.0 Å². The van der Waals surface area contributed by atoms with E-state index in [0.29, 0.717) is 10.6 Å². The van der Waals surface area contributed by atoms with Crippen molar-refractivity contribution in [3.05, 3.63) is 57.8 Å². The van der Waals surface area contributed by atoms with Gasteiger partial charge in [-0.25, -0.2) is 0 Å². The molecule has 1 aromatic carbocycles. The third-order valence-corrected chi connectivity index (χ3v) is 3.60. The molecule has 2 aromatic rings. The maximum atomic E-state index is 11.4. The Hall–Kier alpha value is -1.78. The van der Waals surface area contributed by atoms with Gasteiger partial charge in [0.2, 0.25) is 5.91 Å². The topological polar surface area (TPSA) is 62.2 Å². The highest BCUT2D eigenvalue weighted by Gasteiger charge is 2.23. The van der Waals surface area contributed by atoms with Crippen molar-refractivity contribution in [1.29, 1.82) is 0 Å². The minimum Gasteiger partial charge on any atom is -0.508 e. The highest BCUT2D eigenvalue weighted by atomic mass is 35.5. The first-order chi connectivity index (χ1) is 9.50. The van der Waals surface area contributed by atoms with E-state index in [4.69, 9.17) is 23.2 Å². The average molecular weight is 311 g/mol. The molecule has 0 saturated heterocycles. The zero-order chi connectivity index (χ0) is 14.7. The molecule has 0 aliphatic rings. The molecule has 1 aromatic heterocycles. The molecule has 0 saturated carbocycles. The molecule has 20 heavy (non-hydrogen) atoms. The van der Waals surface area contributed by atoms with Crippen molar-refractivity contribution < 1.29 is 9.90 Å². The lowest BCUT2D eigenvalue weighted by atomic mass is 9.98. The Labute approximate surface area is 126 Å². The minimum absolute atomic E-state index is 0.0324. The summed E-state index contributed by atoms with van der Waals surface area (Å²) in [7, 11) is 0. The molecule has 104 valence electrons. The van der Waals surface area contributed by atoms with Crippen LogP contribution in [0, 0.1) is 0 Å². The van der Waals surface area contributed by atoms with Gasteiger partial charge in [-0.2, -0.15) is 0 Å². The van der Waals surface area contributed by atoms with Crippen LogP contribution < -0.4 is 5.32 Å². The molecule has 4 nitrogen and oxygen atoms in total. The summed E-state index contributed by atoms with van der Waals surface area (Å²) >= 11 is 12.2. The number of amides is 1. The first kappa shape index (κ1) is 14.6. The maximum Gasteiger partial charge on any atom is 0.217 e.